The van der Waals surface area contributed by atoms with Crippen LogP contribution in [-0.2, 0) is 15.9 Å². The molecule has 1 aliphatic carbocycles. The first-order valence-corrected chi connectivity index (χ1v) is 10.3. The zero-order valence-electron chi connectivity index (χ0n) is 16.1. The molecule has 5 heterocycles. The maximum Gasteiger partial charge on any atom is 0.146 e. The van der Waals surface area contributed by atoms with Crippen molar-refractivity contribution in [3.05, 3.63) is 29.7 Å². The van der Waals surface area contributed by atoms with E-state index >= 15 is 0 Å². The molecule has 2 N–H and O–H groups in total. The highest BCUT2D eigenvalue weighted by molar-refractivity contribution is 5.79. The number of anilines is 1. The first kappa shape index (κ1) is 18.2. The van der Waals surface area contributed by atoms with E-state index in [1.165, 1.54) is 6.20 Å². The van der Waals surface area contributed by atoms with Crippen molar-refractivity contribution in [3.63, 3.8) is 0 Å². The van der Waals surface area contributed by atoms with Crippen LogP contribution >= 0.6 is 0 Å². The molecule has 0 unspecified atom stereocenters. The summed E-state index contributed by atoms with van der Waals surface area (Å²) in [4.78, 5) is 11.2. The standard InChI is InChI=1S/C21H27FN4O2/c22-16-13-24-17-1-2-18(26-9-11-27-12-10-26)25-19(17)15(16)3-4-21-7-5-20(23,6-8-21)14-28-21/h1-2,13H,3-12,14,23H2. The topological polar surface area (TPSA) is 73.5 Å². The Morgan fingerprint density at radius 3 is 2.64 bits per heavy atom. The highest BCUT2D eigenvalue weighted by Crippen LogP contribution is 2.45. The summed E-state index contributed by atoms with van der Waals surface area (Å²) < 4.78 is 26.3. The number of aryl methyl sites for hydroxylation is 1. The number of nitrogens with zero attached hydrogens (tertiary/aromatic N) is 3. The van der Waals surface area contributed by atoms with Crippen LogP contribution in [0, 0.1) is 5.82 Å². The van der Waals surface area contributed by atoms with Gasteiger partial charge in [0.15, 0.2) is 0 Å². The van der Waals surface area contributed by atoms with Gasteiger partial charge in [-0.15, -0.1) is 0 Å². The Hall–Kier alpha value is -1.83. The molecule has 2 bridgehead atoms. The molecule has 0 spiro atoms. The van der Waals surface area contributed by atoms with Crippen LogP contribution in [0.25, 0.3) is 11.0 Å². The molecular weight excluding hydrogens is 359 g/mol. The van der Waals surface area contributed by atoms with Crippen molar-refractivity contribution >= 4 is 16.9 Å². The van der Waals surface area contributed by atoms with Gasteiger partial charge in [-0.1, -0.05) is 0 Å². The predicted molar refractivity (Wildman–Crippen MR) is 105 cm³/mol. The SMILES string of the molecule is NC12CCC(CCc3c(F)cnc4ccc(N5CCOCC5)nc34)(CC1)OC2. The van der Waals surface area contributed by atoms with Crippen LogP contribution in [0.4, 0.5) is 10.2 Å². The van der Waals surface area contributed by atoms with E-state index in [0.29, 0.717) is 37.3 Å². The van der Waals surface area contributed by atoms with Gasteiger partial charge in [0.1, 0.15) is 11.6 Å². The summed E-state index contributed by atoms with van der Waals surface area (Å²) in [5.74, 6) is 0.581. The monoisotopic (exact) mass is 386 g/mol. The third-order valence-electron chi connectivity index (χ3n) is 6.74. The van der Waals surface area contributed by atoms with Gasteiger partial charge in [-0.3, -0.25) is 4.98 Å². The minimum absolute atomic E-state index is 0.148. The lowest BCUT2D eigenvalue weighted by molar-refractivity contribution is -0.156. The minimum atomic E-state index is -0.282. The zero-order valence-corrected chi connectivity index (χ0v) is 16.1. The van der Waals surface area contributed by atoms with Gasteiger partial charge in [0, 0.05) is 24.2 Å². The summed E-state index contributed by atoms with van der Waals surface area (Å²) in [6.07, 6.45) is 6.61. The molecule has 6 rings (SSSR count). The number of hydrogen-bond donors (Lipinski definition) is 1. The van der Waals surface area contributed by atoms with Crippen molar-refractivity contribution in [2.24, 2.45) is 5.73 Å². The Balaban J connectivity index is 1.42. The predicted octanol–water partition coefficient (Wildman–Crippen LogP) is 2.58. The van der Waals surface area contributed by atoms with E-state index in [-0.39, 0.29) is 17.0 Å². The average Bonchev–Trinajstić information content (AvgIpc) is 2.74. The van der Waals surface area contributed by atoms with E-state index in [1.807, 2.05) is 12.1 Å². The van der Waals surface area contributed by atoms with Gasteiger partial charge >= 0.3 is 0 Å². The molecular formula is C21H27FN4O2. The number of halogens is 1. The average molecular weight is 386 g/mol. The first-order chi connectivity index (χ1) is 13.6. The highest BCUT2D eigenvalue weighted by Gasteiger charge is 2.47. The third kappa shape index (κ3) is 3.25. The number of aromatic nitrogens is 2. The van der Waals surface area contributed by atoms with E-state index in [1.54, 1.807) is 0 Å². The van der Waals surface area contributed by atoms with Crippen molar-refractivity contribution < 1.29 is 13.9 Å². The van der Waals surface area contributed by atoms with Gasteiger partial charge < -0.3 is 20.1 Å². The van der Waals surface area contributed by atoms with Gasteiger partial charge in [0.05, 0.1) is 42.7 Å². The summed E-state index contributed by atoms with van der Waals surface area (Å²) in [5.41, 5.74) is 8.07. The zero-order chi connectivity index (χ0) is 19.2. The van der Waals surface area contributed by atoms with Crippen LogP contribution in [0.15, 0.2) is 18.3 Å². The second-order valence-electron chi connectivity index (χ2n) is 8.56. The fourth-order valence-corrected chi connectivity index (χ4v) is 4.76. The van der Waals surface area contributed by atoms with Crippen LogP contribution in [0.2, 0.25) is 0 Å². The van der Waals surface area contributed by atoms with Crippen molar-refractivity contribution in [2.45, 2.75) is 49.7 Å². The molecule has 4 aliphatic rings. The molecule has 2 aromatic heterocycles. The van der Waals surface area contributed by atoms with Gasteiger partial charge in [0.2, 0.25) is 0 Å². The minimum Gasteiger partial charge on any atom is -0.378 e. The summed E-state index contributed by atoms with van der Waals surface area (Å²) in [5, 5.41) is 0. The first-order valence-electron chi connectivity index (χ1n) is 10.3. The molecule has 3 saturated heterocycles. The van der Waals surface area contributed by atoms with Gasteiger partial charge in [-0.25, -0.2) is 9.37 Å². The molecule has 6 nitrogen and oxygen atoms in total. The molecule has 150 valence electrons. The molecule has 1 saturated carbocycles. The Morgan fingerprint density at radius 1 is 1.14 bits per heavy atom. The second kappa shape index (κ2) is 6.90. The van der Waals surface area contributed by atoms with E-state index in [0.717, 1.165) is 56.5 Å². The Bertz CT molecular complexity index is 860. The second-order valence-corrected chi connectivity index (χ2v) is 8.56. The fraction of sp³-hybridized carbons (Fsp3) is 0.619. The van der Waals surface area contributed by atoms with Crippen molar-refractivity contribution in [2.75, 3.05) is 37.8 Å². The van der Waals surface area contributed by atoms with Gasteiger partial charge in [0.25, 0.3) is 0 Å². The Kier molecular flexibility index (Phi) is 4.49. The molecule has 0 aromatic carbocycles. The number of nitrogens with two attached hydrogens (primary N) is 1. The third-order valence-corrected chi connectivity index (χ3v) is 6.74. The van der Waals surface area contributed by atoms with E-state index in [4.69, 9.17) is 20.2 Å². The summed E-state index contributed by atoms with van der Waals surface area (Å²) in [7, 11) is 0. The van der Waals surface area contributed by atoms with E-state index in [9.17, 15) is 4.39 Å². The lowest BCUT2D eigenvalue weighted by Crippen LogP contribution is -2.59. The number of rotatable bonds is 4. The fourth-order valence-electron chi connectivity index (χ4n) is 4.76. The van der Waals surface area contributed by atoms with Crippen LogP contribution in [0.3, 0.4) is 0 Å². The number of hydrogen-bond acceptors (Lipinski definition) is 6. The summed E-state index contributed by atoms with van der Waals surface area (Å²) in [6, 6.07) is 3.90. The molecule has 2 aromatic rings. The molecule has 0 radical (unpaired) electrons. The quantitative estimate of drug-likeness (QED) is 0.871. The summed E-state index contributed by atoms with van der Waals surface area (Å²) in [6.45, 7) is 3.60. The number of fused-ring (bicyclic) bond motifs is 4. The van der Waals surface area contributed by atoms with Crippen molar-refractivity contribution in [1.29, 1.82) is 0 Å². The van der Waals surface area contributed by atoms with Gasteiger partial charge in [-0.2, -0.15) is 0 Å². The van der Waals surface area contributed by atoms with Crippen LogP contribution in [0.5, 0.6) is 0 Å². The number of pyridine rings is 2. The molecule has 0 atom stereocenters. The lowest BCUT2D eigenvalue weighted by atomic mass is 9.70. The summed E-state index contributed by atoms with van der Waals surface area (Å²) >= 11 is 0. The maximum atomic E-state index is 14.8. The van der Waals surface area contributed by atoms with Crippen LogP contribution < -0.4 is 10.6 Å². The number of ether oxygens (including phenoxy) is 2. The number of morpholine rings is 1. The molecule has 4 fully saturated rings. The molecule has 7 heteroatoms. The normalized spacial score (nSPS) is 30.1. The van der Waals surface area contributed by atoms with E-state index < -0.39 is 0 Å². The van der Waals surface area contributed by atoms with Crippen LogP contribution in [0.1, 0.15) is 37.7 Å². The van der Waals surface area contributed by atoms with Crippen molar-refractivity contribution in [3.8, 4) is 0 Å². The maximum absolute atomic E-state index is 14.8. The van der Waals surface area contributed by atoms with E-state index in [2.05, 4.69) is 9.88 Å². The van der Waals surface area contributed by atoms with Gasteiger partial charge in [-0.05, 0) is 50.7 Å². The van der Waals surface area contributed by atoms with Crippen LogP contribution in [-0.4, -0.2) is 54.0 Å². The Morgan fingerprint density at radius 2 is 1.93 bits per heavy atom. The highest BCUT2D eigenvalue weighted by atomic mass is 19.1. The smallest absolute Gasteiger partial charge is 0.146 e. The lowest BCUT2D eigenvalue weighted by Gasteiger charge is -2.51. The molecule has 3 aliphatic heterocycles. The Labute approximate surface area is 164 Å². The van der Waals surface area contributed by atoms with Crippen molar-refractivity contribution in [1.82, 2.24) is 9.97 Å². The molecule has 28 heavy (non-hydrogen) atoms. The molecule has 0 amide bonds. The largest absolute Gasteiger partial charge is 0.378 e.